The Morgan fingerprint density at radius 3 is 2.42 bits per heavy atom. The number of carbonyl (C=O) groups is 3. The number of aromatic nitrogens is 1. The molecule has 3 aromatic rings. The normalized spacial score (nSPS) is 18.0. The van der Waals surface area contributed by atoms with Gasteiger partial charge in [0.05, 0.1) is 11.5 Å². The molecule has 0 spiro atoms. The highest BCUT2D eigenvalue weighted by atomic mass is 35.5. The molecule has 1 atom stereocenters. The molecule has 4 rings (SSSR count). The standard InChI is InChI=1S/C29H28ClFN2O5/c1-33-16-19(9-13-27(33)35)26(34)15-23(21-4-2-3-5-24(21)30)18-8-12-22(25(31)14-18)28(36)32-20-10-6-17(7-11-20)29(37)38/h2-5,8-9,12-14,16-17,20,23H,6-7,10-11,15H2,1H3,(H,32,36)(H,37,38)/t17-,20-,23?. The van der Waals surface area contributed by atoms with Crippen LogP contribution in [0.1, 0.15) is 69.9 Å². The smallest absolute Gasteiger partial charge is 0.306 e. The number of benzene rings is 2. The molecule has 1 heterocycles. The van der Waals surface area contributed by atoms with E-state index < -0.39 is 29.5 Å². The quantitative estimate of drug-likeness (QED) is 0.395. The van der Waals surface area contributed by atoms with Gasteiger partial charge >= 0.3 is 5.97 Å². The number of ketones is 1. The number of carboxylic acid groups (broad SMARTS) is 1. The molecule has 9 heteroatoms. The Labute approximate surface area is 224 Å². The second-order valence-electron chi connectivity index (χ2n) is 9.67. The van der Waals surface area contributed by atoms with E-state index in [1.54, 1.807) is 37.4 Å². The van der Waals surface area contributed by atoms with E-state index >= 15 is 4.39 Å². The number of carbonyl (C=O) groups excluding carboxylic acids is 2. The fraction of sp³-hybridized carbons (Fsp3) is 0.310. The van der Waals surface area contributed by atoms with Crippen molar-refractivity contribution in [3.63, 3.8) is 0 Å². The summed E-state index contributed by atoms with van der Waals surface area (Å²) in [6.45, 7) is 0. The lowest BCUT2D eigenvalue weighted by atomic mass is 9.85. The van der Waals surface area contributed by atoms with E-state index in [2.05, 4.69) is 5.32 Å². The second-order valence-corrected chi connectivity index (χ2v) is 10.1. The Balaban J connectivity index is 1.57. The maximum atomic E-state index is 15.3. The van der Waals surface area contributed by atoms with E-state index in [1.165, 1.54) is 35.0 Å². The summed E-state index contributed by atoms with van der Waals surface area (Å²) in [5, 5.41) is 12.4. The summed E-state index contributed by atoms with van der Waals surface area (Å²) >= 11 is 6.45. The van der Waals surface area contributed by atoms with Gasteiger partial charge in [-0.15, -0.1) is 0 Å². The van der Waals surface area contributed by atoms with Gasteiger partial charge < -0.3 is 15.0 Å². The number of rotatable bonds is 8. The van der Waals surface area contributed by atoms with Gasteiger partial charge in [-0.2, -0.15) is 0 Å². The zero-order chi connectivity index (χ0) is 27.4. The van der Waals surface area contributed by atoms with Crippen molar-refractivity contribution in [2.24, 2.45) is 13.0 Å². The summed E-state index contributed by atoms with van der Waals surface area (Å²) in [5.74, 6) is -3.38. The van der Waals surface area contributed by atoms with Crippen molar-refractivity contribution in [3.8, 4) is 0 Å². The van der Waals surface area contributed by atoms with E-state index in [0.717, 1.165) is 0 Å². The third-order valence-electron chi connectivity index (χ3n) is 7.13. The number of halogens is 2. The lowest BCUT2D eigenvalue weighted by Gasteiger charge is -2.27. The summed E-state index contributed by atoms with van der Waals surface area (Å²) in [4.78, 5) is 48.9. The molecule has 1 aliphatic rings. The van der Waals surface area contributed by atoms with Gasteiger partial charge in [0.1, 0.15) is 5.82 Å². The lowest BCUT2D eigenvalue weighted by Crippen LogP contribution is -2.39. The Morgan fingerprint density at radius 1 is 1.08 bits per heavy atom. The van der Waals surface area contributed by atoms with E-state index in [4.69, 9.17) is 16.7 Å². The van der Waals surface area contributed by atoms with Gasteiger partial charge in [-0.1, -0.05) is 35.9 Å². The molecule has 0 aliphatic heterocycles. The van der Waals surface area contributed by atoms with Crippen molar-refractivity contribution in [1.29, 1.82) is 0 Å². The van der Waals surface area contributed by atoms with Crippen molar-refractivity contribution in [1.82, 2.24) is 9.88 Å². The number of nitrogens with one attached hydrogen (secondary N) is 1. The number of Topliss-reactive ketones (excluding diaryl/α,β-unsaturated/α-hetero) is 1. The SMILES string of the molecule is Cn1cc(C(=O)CC(c2ccc(C(=O)N[C@H]3CC[C@H](C(=O)O)CC3)c(F)c2)c2ccccc2Cl)ccc1=O. The highest BCUT2D eigenvalue weighted by Gasteiger charge is 2.28. The molecule has 1 amide bonds. The number of hydrogen-bond donors (Lipinski definition) is 2. The van der Waals surface area contributed by atoms with Crippen LogP contribution in [0.3, 0.4) is 0 Å². The minimum atomic E-state index is -0.834. The average Bonchev–Trinajstić information content (AvgIpc) is 2.89. The Hall–Kier alpha value is -3.78. The Morgan fingerprint density at radius 2 is 1.79 bits per heavy atom. The average molecular weight is 539 g/mol. The predicted molar refractivity (Wildman–Crippen MR) is 141 cm³/mol. The van der Waals surface area contributed by atoms with Gasteiger partial charge in [0, 0.05) is 48.3 Å². The number of hydrogen-bond acceptors (Lipinski definition) is 4. The van der Waals surface area contributed by atoms with Crippen LogP contribution in [0.5, 0.6) is 0 Å². The molecule has 2 aromatic carbocycles. The van der Waals surface area contributed by atoms with Crippen LogP contribution < -0.4 is 10.9 Å². The van der Waals surface area contributed by atoms with E-state index in [0.29, 0.717) is 47.4 Å². The van der Waals surface area contributed by atoms with Crippen LogP contribution in [-0.2, 0) is 11.8 Å². The van der Waals surface area contributed by atoms with Gasteiger partial charge in [-0.05, 0) is 61.1 Å². The zero-order valence-corrected chi connectivity index (χ0v) is 21.6. The number of carboxylic acids is 1. The van der Waals surface area contributed by atoms with Crippen LogP contribution in [0.2, 0.25) is 5.02 Å². The number of aryl methyl sites for hydroxylation is 1. The summed E-state index contributed by atoms with van der Waals surface area (Å²) in [6.07, 6.45) is 3.40. The first-order valence-corrected chi connectivity index (χ1v) is 12.8. The number of nitrogens with zero attached hydrogens (tertiary/aromatic N) is 1. The molecule has 1 fully saturated rings. The fourth-order valence-electron chi connectivity index (χ4n) is 4.91. The first-order valence-electron chi connectivity index (χ1n) is 12.4. The second kappa shape index (κ2) is 11.7. The lowest BCUT2D eigenvalue weighted by molar-refractivity contribution is -0.142. The van der Waals surface area contributed by atoms with Crippen LogP contribution in [-0.4, -0.2) is 33.4 Å². The van der Waals surface area contributed by atoms with Crippen molar-refractivity contribution < 1.29 is 23.9 Å². The summed E-state index contributed by atoms with van der Waals surface area (Å²) in [7, 11) is 1.56. The highest BCUT2D eigenvalue weighted by Crippen LogP contribution is 2.35. The summed E-state index contributed by atoms with van der Waals surface area (Å²) in [6, 6.07) is 13.8. The number of amides is 1. The molecule has 0 radical (unpaired) electrons. The molecule has 198 valence electrons. The molecule has 0 saturated heterocycles. The molecule has 1 saturated carbocycles. The van der Waals surface area contributed by atoms with Crippen LogP contribution in [0.25, 0.3) is 0 Å². The molecule has 1 aromatic heterocycles. The maximum Gasteiger partial charge on any atom is 0.306 e. The zero-order valence-electron chi connectivity index (χ0n) is 20.8. The van der Waals surface area contributed by atoms with Crippen LogP contribution in [0.15, 0.2) is 65.6 Å². The van der Waals surface area contributed by atoms with Crippen molar-refractivity contribution in [2.75, 3.05) is 0 Å². The van der Waals surface area contributed by atoms with Gasteiger partial charge in [0.15, 0.2) is 5.78 Å². The van der Waals surface area contributed by atoms with E-state index in [9.17, 15) is 19.2 Å². The van der Waals surface area contributed by atoms with Crippen LogP contribution in [0.4, 0.5) is 4.39 Å². The van der Waals surface area contributed by atoms with Gasteiger partial charge in [0.2, 0.25) is 5.56 Å². The number of aliphatic carboxylic acids is 1. The molecule has 1 unspecified atom stereocenters. The first kappa shape index (κ1) is 27.3. The van der Waals surface area contributed by atoms with E-state index in [1.807, 2.05) is 0 Å². The minimum absolute atomic E-state index is 0.0280. The minimum Gasteiger partial charge on any atom is -0.481 e. The number of pyridine rings is 1. The van der Waals surface area contributed by atoms with Gasteiger partial charge in [-0.3, -0.25) is 19.2 Å². The molecule has 1 aliphatic carbocycles. The van der Waals surface area contributed by atoms with Gasteiger partial charge in [-0.25, -0.2) is 4.39 Å². The largest absolute Gasteiger partial charge is 0.481 e. The van der Waals surface area contributed by atoms with Crippen LogP contribution in [0, 0.1) is 11.7 Å². The third kappa shape index (κ3) is 6.19. The molecule has 0 bridgehead atoms. The predicted octanol–water partition coefficient (Wildman–Crippen LogP) is 4.96. The molecule has 38 heavy (non-hydrogen) atoms. The molecule has 2 N–H and O–H groups in total. The first-order chi connectivity index (χ1) is 18.1. The van der Waals surface area contributed by atoms with Crippen molar-refractivity contribution in [3.05, 3.63) is 104 Å². The summed E-state index contributed by atoms with van der Waals surface area (Å²) < 4.78 is 16.6. The molecular weight excluding hydrogens is 511 g/mol. The van der Waals surface area contributed by atoms with Crippen molar-refractivity contribution >= 4 is 29.3 Å². The summed E-state index contributed by atoms with van der Waals surface area (Å²) in [5.41, 5.74) is 1.09. The van der Waals surface area contributed by atoms with E-state index in [-0.39, 0.29) is 29.4 Å². The molecular formula is C29H28ClFN2O5. The fourth-order valence-corrected chi connectivity index (χ4v) is 5.17. The monoisotopic (exact) mass is 538 g/mol. The topological polar surface area (TPSA) is 105 Å². The van der Waals surface area contributed by atoms with Crippen molar-refractivity contribution in [2.45, 2.75) is 44.1 Å². The molecule has 7 nitrogen and oxygen atoms in total. The van der Waals surface area contributed by atoms with Gasteiger partial charge in [0.25, 0.3) is 5.91 Å². The Kier molecular flexibility index (Phi) is 8.42. The van der Waals surface area contributed by atoms with Crippen LogP contribution >= 0.6 is 11.6 Å². The Bertz CT molecular complexity index is 1430. The third-order valence-corrected chi connectivity index (χ3v) is 7.47. The maximum absolute atomic E-state index is 15.3. The highest BCUT2D eigenvalue weighted by molar-refractivity contribution is 6.31.